The number of anilines is 1. The highest BCUT2D eigenvalue weighted by Crippen LogP contribution is 2.32. The summed E-state index contributed by atoms with van der Waals surface area (Å²) in [5.74, 6) is -0.836. The van der Waals surface area contributed by atoms with Gasteiger partial charge in [0.05, 0.1) is 4.91 Å². The van der Waals surface area contributed by atoms with Crippen molar-refractivity contribution < 1.29 is 14.4 Å². The first-order valence-electron chi connectivity index (χ1n) is 8.94. The highest BCUT2D eigenvalue weighted by molar-refractivity contribution is 8.18. The number of aryl methyl sites for hydroxylation is 4. The highest BCUT2D eigenvalue weighted by Gasteiger charge is 2.36. The van der Waals surface area contributed by atoms with E-state index in [9.17, 15) is 14.4 Å². The molecule has 0 radical (unpaired) electrons. The molecular weight excluding hydrogens is 372 g/mol. The van der Waals surface area contributed by atoms with E-state index in [1.54, 1.807) is 6.08 Å². The summed E-state index contributed by atoms with van der Waals surface area (Å²) in [7, 11) is 0. The molecule has 5 nitrogen and oxygen atoms in total. The summed E-state index contributed by atoms with van der Waals surface area (Å²) in [5, 5.41) is 2.40. The SMILES string of the molecule is Cc1ccc(/C=C2/SC(=O)N(CC(=O)Nc3c(C)cc(C)cc3C)C2=O)cc1. The number of rotatable bonds is 4. The predicted molar refractivity (Wildman–Crippen MR) is 113 cm³/mol. The molecule has 3 amide bonds. The standard InChI is InChI=1S/C22H22N2O3S/c1-13-5-7-17(8-6-13)11-18-21(26)24(22(27)28-18)12-19(25)23-20-15(3)9-14(2)10-16(20)4/h5-11H,12H2,1-4H3,(H,23,25)/b18-11+. The molecule has 0 aromatic heterocycles. The van der Waals surface area contributed by atoms with Crippen LogP contribution in [0.5, 0.6) is 0 Å². The van der Waals surface area contributed by atoms with Crippen LogP contribution in [0.15, 0.2) is 41.3 Å². The van der Waals surface area contributed by atoms with E-state index in [2.05, 4.69) is 5.32 Å². The van der Waals surface area contributed by atoms with Gasteiger partial charge in [-0.15, -0.1) is 0 Å². The maximum Gasteiger partial charge on any atom is 0.294 e. The monoisotopic (exact) mass is 394 g/mol. The van der Waals surface area contributed by atoms with E-state index in [1.165, 1.54) is 0 Å². The average molecular weight is 394 g/mol. The second-order valence-electron chi connectivity index (χ2n) is 7.00. The van der Waals surface area contributed by atoms with Gasteiger partial charge >= 0.3 is 0 Å². The van der Waals surface area contributed by atoms with Crippen LogP contribution in [-0.2, 0) is 9.59 Å². The third kappa shape index (κ3) is 4.34. The summed E-state index contributed by atoms with van der Waals surface area (Å²) in [5.41, 5.74) is 5.67. The van der Waals surface area contributed by atoms with Crippen LogP contribution in [-0.4, -0.2) is 28.5 Å². The minimum atomic E-state index is -0.442. The largest absolute Gasteiger partial charge is 0.324 e. The molecule has 1 fully saturated rings. The van der Waals surface area contributed by atoms with E-state index in [-0.39, 0.29) is 6.54 Å². The third-order valence-electron chi connectivity index (χ3n) is 4.49. The molecule has 2 aromatic carbocycles. The highest BCUT2D eigenvalue weighted by atomic mass is 32.2. The van der Waals surface area contributed by atoms with E-state index in [1.807, 2.05) is 64.1 Å². The number of nitrogens with zero attached hydrogens (tertiary/aromatic N) is 1. The number of hydrogen-bond acceptors (Lipinski definition) is 4. The Morgan fingerprint density at radius 1 is 1.00 bits per heavy atom. The molecule has 0 atom stereocenters. The van der Waals surface area contributed by atoms with E-state index < -0.39 is 17.1 Å². The topological polar surface area (TPSA) is 66.5 Å². The summed E-state index contributed by atoms with van der Waals surface area (Å²) in [6.07, 6.45) is 1.68. The lowest BCUT2D eigenvalue weighted by atomic mass is 10.1. The van der Waals surface area contributed by atoms with Crippen LogP contribution >= 0.6 is 11.8 Å². The lowest BCUT2D eigenvalue weighted by Crippen LogP contribution is -2.36. The predicted octanol–water partition coefficient (Wildman–Crippen LogP) is 4.60. The zero-order valence-corrected chi connectivity index (χ0v) is 17.1. The zero-order valence-electron chi connectivity index (χ0n) is 16.3. The lowest BCUT2D eigenvalue weighted by Gasteiger charge is -2.15. The second kappa shape index (κ2) is 8.02. The molecule has 1 aliphatic rings. The molecule has 0 bridgehead atoms. The Balaban J connectivity index is 1.72. The number of hydrogen-bond donors (Lipinski definition) is 1. The first kappa shape index (κ1) is 19.9. The Labute approximate surface area is 168 Å². The Morgan fingerprint density at radius 2 is 1.61 bits per heavy atom. The van der Waals surface area contributed by atoms with Crippen LogP contribution in [0.3, 0.4) is 0 Å². The van der Waals surface area contributed by atoms with Crippen LogP contribution in [0, 0.1) is 27.7 Å². The van der Waals surface area contributed by atoms with E-state index in [0.29, 0.717) is 4.91 Å². The minimum Gasteiger partial charge on any atom is -0.324 e. The molecule has 1 N–H and O–H groups in total. The van der Waals surface area contributed by atoms with Gasteiger partial charge < -0.3 is 5.32 Å². The Kier molecular flexibility index (Phi) is 5.70. The quantitative estimate of drug-likeness (QED) is 0.770. The lowest BCUT2D eigenvalue weighted by molar-refractivity contribution is -0.127. The maximum atomic E-state index is 12.6. The Bertz CT molecular complexity index is 970. The van der Waals surface area contributed by atoms with Crippen molar-refractivity contribution in [2.24, 2.45) is 0 Å². The first-order valence-corrected chi connectivity index (χ1v) is 9.76. The molecule has 0 saturated carbocycles. The summed E-state index contributed by atoms with van der Waals surface area (Å²) in [6, 6.07) is 11.6. The van der Waals surface area contributed by atoms with E-state index in [4.69, 9.17) is 0 Å². The van der Waals surface area contributed by atoms with Crippen LogP contribution in [0.1, 0.15) is 27.8 Å². The molecule has 0 aliphatic carbocycles. The molecule has 1 heterocycles. The minimum absolute atomic E-state index is 0.303. The number of imide groups is 1. The molecule has 144 valence electrons. The molecule has 1 aliphatic heterocycles. The maximum absolute atomic E-state index is 12.6. The summed E-state index contributed by atoms with van der Waals surface area (Å²) in [6.45, 7) is 7.50. The van der Waals surface area contributed by atoms with Crippen molar-refractivity contribution in [2.75, 3.05) is 11.9 Å². The first-order chi connectivity index (χ1) is 13.2. The fourth-order valence-corrected chi connectivity index (χ4v) is 3.99. The number of nitrogens with one attached hydrogen (secondary N) is 1. The van der Waals surface area contributed by atoms with Crippen molar-refractivity contribution in [3.8, 4) is 0 Å². The number of benzene rings is 2. The van der Waals surface area contributed by atoms with Gasteiger partial charge in [-0.1, -0.05) is 47.5 Å². The van der Waals surface area contributed by atoms with Crippen molar-refractivity contribution in [2.45, 2.75) is 27.7 Å². The molecule has 3 rings (SSSR count). The fourth-order valence-electron chi connectivity index (χ4n) is 3.15. The van der Waals surface area contributed by atoms with Gasteiger partial charge in [-0.2, -0.15) is 0 Å². The normalized spacial score (nSPS) is 15.4. The average Bonchev–Trinajstić information content (AvgIpc) is 2.87. The number of amides is 3. The van der Waals surface area contributed by atoms with Crippen molar-refractivity contribution in [3.63, 3.8) is 0 Å². The smallest absolute Gasteiger partial charge is 0.294 e. The van der Waals surface area contributed by atoms with Crippen molar-refractivity contribution >= 4 is 40.6 Å². The van der Waals surface area contributed by atoms with E-state index >= 15 is 0 Å². The Hall–Kier alpha value is -2.86. The van der Waals surface area contributed by atoms with Gasteiger partial charge in [0.1, 0.15) is 6.54 Å². The second-order valence-corrected chi connectivity index (χ2v) is 7.99. The van der Waals surface area contributed by atoms with Crippen LogP contribution in [0.25, 0.3) is 6.08 Å². The molecule has 28 heavy (non-hydrogen) atoms. The third-order valence-corrected chi connectivity index (χ3v) is 5.40. The molecule has 0 unspecified atom stereocenters. The number of carbonyl (C=O) groups excluding carboxylic acids is 3. The van der Waals surface area contributed by atoms with Crippen molar-refractivity contribution in [1.82, 2.24) is 4.90 Å². The van der Waals surface area contributed by atoms with Gasteiger partial charge in [0.2, 0.25) is 5.91 Å². The van der Waals surface area contributed by atoms with Gasteiger partial charge in [0, 0.05) is 5.69 Å². The van der Waals surface area contributed by atoms with Crippen LogP contribution in [0.2, 0.25) is 0 Å². The molecule has 2 aromatic rings. The molecule has 0 spiro atoms. The molecular formula is C22H22N2O3S. The number of thioether (sulfide) groups is 1. The van der Waals surface area contributed by atoms with Crippen molar-refractivity contribution in [1.29, 1.82) is 0 Å². The van der Waals surface area contributed by atoms with Crippen molar-refractivity contribution in [3.05, 3.63) is 69.1 Å². The molecule has 1 saturated heterocycles. The van der Waals surface area contributed by atoms with Gasteiger partial charge in [-0.25, -0.2) is 0 Å². The summed E-state index contributed by atoms with van der Waals surface area (Å²) >= 11 is 0.856. The van der Waals surface area contributed by atoms with Gasteiger partial charge in [-0.3, -0.25) is 19.3 Å². The van der Waals surface area contributed by atoms with Crippen LogP contribution < -0.4 is 5.32 Å². The van der Waals surface area contributed by atoms with Gasteiger partial charge in [-0.05, 0) is 62.2 Å². The summed E-state index contributed by atoms with van der Waals surface area (Å²) in [4.78, 5) is 38.6. The van der Waals surface area contributed by atoms with Gasteiger partial charge in [0.25, 0.3) is 11.1 Å². The number of carbonyl (C=O) groups is 3. The zero-order chi connectivity index (χ0) is 20.4. The van der Waals surface area contributed by atoms with Gasteiger partial charge in [0.15, 0.2) is 0 Å². The molecule has 6 heteroatoms. The Morgan fingerprint density at radius 3 is 2.21 bits per heavy atom. The van der Waals surface area contributed by atoms with E-state index in [0.717, 1.165) is 50.2 Å². The van der Waals surface area contributed by atoms with Crippen LogP contribution in [0.4, 0.5) is 10.5 Å². The summed E-state index contributed by atoms with van der Waals surface area (Å²) < 4.78 is 0. The fraction of sp³-hybridized carbons (Fsp3) is 0.227.